The number of para-hydroxylation sites is 1. The SMILES string of the molecule is Cc1cccc([N+](=O)[O-])c1NCCS(C)(=O)=O. The molecule has 6 nitrogen and oxygen atoms in total. The normalized spacial score (nSPS) is 11.2. The fraction of sp³-hybridized carbons (Fsp3) is 0.400. The Morgan fingerprint density at radius 2 is 2.06 bits per heavy atom. The summed E-state index contributed by atoms with van der Waals surface area (Å²) in [5, 5.41) is 13.6. The van der Waals surface area contributed by atoms with Gasteiger partial charge in [0.05, 0.1) is 10.7 Å². The third kappa shape index (κ3) is 4.03. The van der Waals surface area contributed by atoms with Crippen LogP contribution in [0.3, 0.4) is 0 Å². The minimum absolute atomic E-state index is 0.0431. The van der Waals surface area contributed by atoms with Crippen LogP contribution < -0.4 is 5.32 Å². The van der Waals surface area contributed by atoms with Gasteiger partial charge in [-0.1, -0.05) is 12.1 Å². The first kappa shape index (κ1) is 13.4. The molecule has 1 aromatic rings. The summed E-state index contributed by atoms with van der Waals surface area (Å²) >= 11 is 0. The van der Waals surface area contributed by atoms with E-state index in [0.29, 0.717) is 11.3 Å². The summed E-state index contributed by atoms with van der Waals surface area (Å²) in [4.78, 5) is 10.3. The minimum atomic E-state index is -3.07. The van der Waals surface area contributed by atoms with Gasteiger partial charge < -0.3 is 5.32 Å². The molecule has 17 heavy (non-hydrogen) atoms. The van der Waals surface area contributed by atoms with E-state index in [1.807, 2.05) is 0 Å². The Morgan fingerprint density at radius 3 is 2.59 bits per heavy atom. The van der Waals surface area contributed by atoms with Crippen LogP contribution in [0.2, 0.25) is 0 Å². The molecule has 0 saturated heterocycles. The fourth-order valence-electron chi connectivity index (χ4n) is 1.40. The van der Waals surface area contributed by atoms with E-state index in [4.69, 9.17) is 0 Å². The Balaban J connectivity index is 2.86. The van der Waals surface area contributed by atoms with E-state index < -0.39 is 14.8 Å². The van der Waals surface area contributed by atoms with Gasteiger partial charge in [0.1, 0.15) is 15.5 Å². The van der Waals surface area contributed by atoms with Crippen LogP contribution in [0.4, 0.5) is 11.4 Å². The van der Waals surface area contributed by atoms with Crippen LogP contribution >= 0.6 is 0 Å². The first-order valence-corrected chi connectivity index (χ1v) is 7.03. The van der Waals surface area contributed by atoms with Gasteiger partial charge in [0.2, 0.25) is 0 Å². The first-order valence-electron chi connectivity index (χ1n) is 4.97. The number of sulfone groups is 1. The highest BCUT2D eigenvalue weighted by molar-refractivity contribution is 7.90. The van der Waals surface area contributed by atoms with Crippen molar-refractivity contribution in [3.05, 3.63) is 33.9 Å². The molecule has 0 aliphatic rings. The summed E-state index contributed by atoms with van der Waals surface area (Å²) in [7, 11) is -3.07. The van der Waals surface area contributed by atoms with E-state index in [9.17, 15) is 18.5 Å². The number of aryl methyl sites for hydroxylation is 1. The highest BCUT2D eigenvalue weighted by atomic mass is 32.2. The summed E-state index contributed by atoms with van der Waals surface area (Å²) in [6, 6.07) is 4.71. The molecular weight excluding hydrogens is 244 g/mol. The number of anilines is 1. The van der Waals surface area contributed by atoms with Gasteiger partial charge in [0, 0.05) is 18.9 Å². The molecule has 0 spiro atoms. The minimum Gasteiger partial charge on any atom is -0.378 e. The van der Waals surface area contributed by atoms with Crippen molar-refractivity contribution in [1.82, 2.24) is 0 Å². The van der Waals surface area contributed by atoms with Crippen LogP contribution in [0.15, 0.2) is 18.2 Å². The molecule has 0 aliphatic heterocycles. The lowest BCUT2D eigenvalue weighted by atomic mass is 10.1. The summed E-state index contributed by atoms with van der Waals surface area (Å²) in [5.74, 6) is -0.0571. The standard InChI is InChI=1S/C10H14N2O4S/c1-8-4-3-5-9(12(13)14)10(8)11-6-7-17(2,15)16/h3-5,11H,6-7H2,1-2H3. The lowest BCUT2D eigenvalue weighted by Crippen LogP contribution is -2.15. The molecular formula is C10H14N2O4S. The van der Waals surface area contributed by atoms with Crippen molar-refractivity contribution in [2.45, 2.75) is 6.92 Å². The first-order chi connectivity index (χ1) is 7.81. The number of nitrogens with one attached hydrogen (secondary N) is 1. The quantitative estimate of drug-likeness (QED) is 0.636. The molecule has 0 fully saturated rings. The van der Waals surface area contributed by atoms with E-state index in [-0.39, 0.29) is 18.0 Å². The van der Waals surface area contributed by atoms with Gasteiger partial charge in [0.25, 0.3) is 5.69 Å². The largest absolute Gasteiger partial charge is 0.378 e. The van der Waals surface area contributed by atoms with Gasteiger partial charge in [-0.15, -0.1) is 0 Å². The van der Waals surface area contributed by atoms with Gasteiger partial charge in [-0.05, 0) is 12.5 Å². The molecule has 0 aromatic heterocycles. The molecule has 1 aromatic carbocycles. The number of nitro benzene ring substituents is 1. The molecule has 0 saturated carbocycles. The molecule has 0 radical (unpaired) electrons. The van der Waals surface area contributed by atoms with Crippen LogP contribution in [-0.4, -0.2) is 31.9 Å². The zero-order valence-corrected chi connectivity index (χ0v) is 10.5. The Labute approximate surface area is 99.7 Å². The van der Waals surface area contributed by atoms with Gasteiger partial charge in [-0.2, -0.15) is 0 Å². The van der Waals surface area contributed by atoms with Gasteiger partial charge in [0.15, 0.2) is 0 Å². The van der Waals surface area contributed by atoms with Crippen LogP contribution in [0, 0.1) is 17.0 Å². The van der Waals surface area contributed by atoms with Crippen molar-refractivity contribution >= 4 is 21.2 Å². The molecule has 7 heteroatoms. The van der Waals surface area contributed by atoms with Crippen molar-refractivity contribution in [1.29, 1.82) is 0 Å². The number of hydrogen-bond donors (Lipinski definition) is 1. The highest BCUT2D eigenvalue weighted by Crippen LogP contribution is 2.27. The number of nitro groups is 1. The van der Waals surface area contributed by atoms with Crippen molar-refractivity contribution < 1.29 is 13.3 Å². The number of benzene rings is 1. The maximum atomic E-state index is 11.0. The van der Waals surface area contributed by atoms with Crippen molar-refractivity contribution in [2.75, 3.05) is 23.9 Å². The molecule has 94 valence electrons. The predicted molar refractivity (Wildman–Crippen MR) is 66.0 cm³/mol. The second-order valence-corrected chi connectivity index (χ2v) is 6.04. The van der Waals surface area contributed by atoms with Crippen LogP contribution in [0.5, 0.6) is 0 Å². The molecule has 1 rings (SSSR count). The zero-order valence-electron chi connectivity index (χ0n) is 9.63. The monoisotopic (exact) mass is 258 g/mol. The number of hydrogen-bond acceptors (Lipinski definition) is 5. The van der Waals surface area contributed by atoms with Gasteiger partial charge in [-0.3, -0.25) is 10.1 Å². The van der Waals surface area contributed by atoms with E-state index in [2.05, 4.69) is 5.32 Å². The lowest BCUT2D eigenvalue weighted by molar-refractivity contribution is -0.384. The molecule has 0 amide bonds. The second kappa shape index (κ2) is 5.13. The van der Waals surface area contributed by atoms with Crippen LogP contribution in [-0.2, 0) is 9.84 Å². The van der Waals surface area contributed by atoms with Crippen LogP contribution in [0.1, 0.15) is 5.56 Å². The molecule has 0 atom stereocenters. The molecule has 0 heterocycles. The Morgan fingerprint density at radius 1 is 1.41 bits per heavy atom. The fourth-order valence-corrected chi connectivity index (χ4v) is 1.87. The number of nitrogens with zero attached hydrogens (tertiary/aromatic N) is 1. The average molecular weight is 258 g/mol. The third-order valence-electron chi connectivity index (χ3n) is 2.22. The van der Waals surface area contributed by atoms with E-state index in [1.54, 1.807) is 19.1 Å². The van der Waals surface area contributed by atoms with E-state index in [0.717, 1.165) is 6.26 Å². The second-order valence-electron chi connectivity index (χ2n) is 3.78. The van der Waals surface area contributed by atoms with Crippen molar-refractivity contribution in [3.8, 4) is 0 Å². The van der Waals surface area contributed by atoms with Gasteiger partial charge in [-0.25, -0.2) is 8.42 Å². The summed E-state index contributed by atoms with van der Waals surface area (Å²) in [6.45, 7) is 1.89. The molecule has 0 unspecified atom stereocenters. The molecule has 0 aliphatic carbocycles. The van der Waals surface area contributed by atoms with Crippen molar-refractivity contribution in [2.24, 2.45) is 0 Å². The average Bonchev–Trinajstić information content (AvgIpc) is 2.18. The molecule has 0 bridgehead atoms. The topological polar surface area (TPSA) is 89.3 Å². The maximum Gasteiger partial charge on any atom is 0.292 e. The predicted octanol–water partition coefficient (Wildman–Crippen LogP) is 1.36. The van der Waals surface area contributed by atoms with Crippen LogP contribution in [0.25, 0.3) is 0 Å². The highest BCUT2D eigenvalue weighted by Gasteiger charge is 2.15. The van der Waals surface area contributed by atoms with E-state index >= 15 is 0 Å². The summed E-state index contributed by atoms with van der Waals surface area (Å²) in [5.41, 5.74) is 1.05. The Hall–Kier alpha value is -1.63. The maximum absolute atomic E-state index is 11.0. The van der Waals surface area contributed by atoms with Gasteiger partial charge >= 0.3 is 0 Å². The molecule has 1 N–H and O–H groups in total. The summed E-state index contributed by atoms with van der Waals surface area (Å²) in [6.07, 6.45) is 1.13. The Kier molecular flexibility index (Phi) is 4.06. The summed E-state index contributed by atoms with van der Waals surface area (Å²) < 4.78 is 21.9. The number of rotatable bonds is 5. The van der Waals surface area contributed by atoms with Crippen molar-refractivity contribution in [3.63, 3.8) is 0 Å². The zero-order chi connectivity index (χ0) is 13.1. The van der Waals surface area contributed by atoms with E-state index in [1.165, 1.54) is 6.07 Å². The third-order valence-corrected chi connectivity index (χ3v) is 3.17. The lowest BCUT2D eigenvalue weighted by Gasteiger charge is -2.09. The Bertz CT molecular complexity index is 525. The smallest absolute Gasteiger partial charge is 0.292 e.